The predicted octanol–water partition coefficient (Wildman–Crippen LogP) is -0.0931. The van der Waals surface area contributed by atoms with Crippen LogP contribution >= 0.6 is 24.0 Å². The molecule has 3 amide bonds. The van der Waals surface area contributed by atoms with E-state index in [1.165, 1.54) is 4.90 Å². The Morgan fingerprint density at radius 3 is 2.84 bits per heavy atom. The summed E-state index contributed by atoms with van der Waals surface area (Å²) >= 11 is 0. The van der Waals surface area contributed by atoms with E-state index in [0.29, 0.717) is 32.3 Å². The maximum absolute atomic E-state index is 11.4. The summed E-state index contributed by atoms with van der Waals surface area (Å²) in [7, 11) is 1.68. The smallest absolute Gasteiger partial charge is 0.324 e. The second-order valence-electron chi connectivity index (χ2n) is 5.69. The van der Waals surface area contributed by atoms with Crippen molar-refractivity contribution >= 4 is 41.9 Å². The molecule has 0 saturated carbocycles. The first-order chi connectivity index (χ1) is 11.7. The lowest BCUT2D eigenvalue weighted by molar-refractivity contribution is -0.124. The molecule has 10 heteroatoms. The molecule has 1 atom stereocenters. The molecule has 0 aromatic carbocycles. The van der Waals surface area contributed by atoms with Crippen molar-refractivity contribution in [2.75, 3.05) is 53.0 Å². The lowest BCUT2D eigenvalue weighted by Crippen LogP contribution is -2.43. The molecule has 3 N–H and O–H groups in total. The van der Waals surface area contributed by atoms with Crippen LogP contribution in [0.5, 0.6) is 0 Å². The Labute approximate surface area is 165 Å². The van der Waals surface area contributed by atoms with Crippen molar-refractivity contribution in [1.29, 1.82) is 0 Å². The van der Waals surface area contributed by atoms with Crippen LogP contribution < -0.4 is 16.0 Å². The van der Waals surface area contributed by atoms with Crippen LogP contribution in [0.4, 0.5) is 4.79 Å². The lowest BCUT2D eigenvalue weighted by atomic mass is 10.2. The Hall–Kier alpha value is -1.14. The molecule has 2 aliphatic heterocycles. The van der Waals surface area contributed by atoms with Crippen molar-refractivity contribution in [3.8, 4) is 0 Å². The molecular formula is C15H28IN5O4. The summed E-state index contributed by atoms with van der Waals surface area (Å²) in [6.45, 7) is 3.77. The third-order valence-electron chi connectivity index (χ3n) is 3.87. The van der Waals surface area contributed by atoms with Crippen LogP contribution in [0.2, 0.25) is 0 Å². The highest BCUT2D eigenvalue weighted by atomic mass is 127. The highest BCUT2D eigenvalue weighted by Gasteiger charge is 2.27. The number of nitrogens with one attached hydrogen (secondary N) is 3. The van der Waals surface area contributed by atoms with E-state index in [0.717, 1.165) is 32.4 Å². The van der Waals surface area contributed by atoms with Gasteiger partial charge in [0.1, 0.15) is 0 Å². The van der Waals surface area contributed by atoms with Crippen molar-refractivity contribution in [3.63, 3.8) is 0 Å². The van der Waals surface area contributed by atoms with Crippen LogP contribution in [0.3, 0.4) is 0 Å². The van der Waals surface area contributed by atoms with E-state index >= 15 is 0 Å². The SMILES string of the molecule is CN=C(NCCCOCC1CCCO1)NCCN1C(=O)CNC1=O.I. The maximum atomic E-state index is 11.4. The zero-order valence-electron chi connectivity index (χ0n) is 14.6. The van der Waals surface area contributed by atoms with E-state index in [2.05, 4.69) is 20.9 Å². The molecule has 0 aromatic rings. The summed E-state index contributed by atoms with van der Waals surface area (Å²) in [5, 5.41) is 8.73. The van der Waals surface area contributed by atoms with Gasteiger partial charge in [0.25, 0.3) is 0 Å². The molecule has 2 saturated heterocycles. The van der Waals surface area contributed by atoms with Gasteiger partial charge in [-0.05, 0) is 19.3 Å². The van der Waals surface area contributed by atoms with Crippen molar-refractivity contribution in [1.82, 2.24) is 20.9 Å². The fraction of sp³-hybridized carbons (Fsp3) is 0.800. The van der Waals surface area contributed by atoms with Crippen LogP contribution in [-0.4, -0.2) is 81.9 Å². The van der Waals surface area contributed by atoms with Gasteiger partial charge >= 0.3 is 6.03 Å². The standard InChI is InChI=1S/C15H27N5O4.HI/c1-16-14(18-6-7-20-13(21)10-19-15(20)22)17-5-3-8-23-11-12-4-2-9-24-12;/h12H,2-11H2,1H3,(H,19,22)(H2,16,17,18);1H. The molecule has 0 spiro atoms. The maximum Gasteiger partial charge on any atom is 0.324 e. The number of hydrogen-bond donors (Lipinski definition) is 3. The number of halogens is 1. The third kappa shape index (κ3) is 7.74. The molecule has 9 nitrogen and oxygen atoms in total. The molecule has 144 valence electrons. The van der Waals surface area contributed by atoms with E-state index in [-0.39, 0.29) is 48.6 Å². The van der Waals surface area contributed by atoms with E-state index in [9.17, 15) is 9.59 Å². The molecule has 2 aliphatic rings. The summed E-state index contributed by atoms with van der Waals surface area (Å²) in [6.07, 6.45) is 3.34. The predicted molar refractivity (Wildman–Crippen MR) is 104 cm³/mol. The molecule has 2 fully saturated rings. The molecule has 25 heavy (non-hydrogen) atoms. The summed E-state index contributed by atoms with van der Waals surface area (Å²) in [6, 6.07) is -0.340. The van der Waals surface area contributed by atoms with Crippen molar-refractivity contribution in [2.24, 2.45) is 4.99 Å². The Kier molecular flexibility index (Phi) is 10.7. The number of amides is 3. The Morgan fingerprint density at radius 2 is 2.20 bits per heavy atom. The number of urea groups is 1. The normalized spacial score (nSPS) is 20.4. The highest BCUT2D eigenvalue weighted by Crippen LogP contribution is 2.11. The van der Waals surface area contributed by atoms with E-state index in [1.807, 2.05) is 0 Å². The lowest BCUT2D eigenvalue weighted by Gasteiger charge is -2.15. The largest absolute Gasteiger partial charge is 0.379 e. The molecule has 0 radical (unpaired) electrons. The Morgan fingerprint density at radius 1 is 1.40 bits per heavy atom. The third-order valence-corrected chi connectivity index (χ3v) is 3.87. The number of hydrogen-bond acceptors (Lipinski definition) is 5. The zero-order valence-corrected chi connectivity index (χ0v) is 16.9. The molecule has 0 aromatic heterocycles. The number of ether oxygens (including phenoxy) is 2. The molecule has 0 aliphatic carbocycles. The summed E-state index contributed by atoms with van der Waals surface area (Å²) < 4.78 is 11.1. The van der Waals surface area contributed by atoms with E-state index in [4.69, 9.17) is 9.47 Å². The van der Waals surface area contributed by atoms with Gasteiger partial charge in [-0.25, -0.2) is 4.79 Å². The number of aliphatic imine (C=N–C) groups is 1. The second kappa shape index (κ2) is 12.3. The number of imide groups is 1. The molecule has 0 bridgehead atoms. The Bertz CT molecular complexity index is 441. The number of rotatable bonds is 9. The monoisotopic (exact) mass is 469 g/mol. The zero-order chi connectivity index (χ0) is 17.2. The van der Waals surface area contributed by atoms with Crippen molar-refractivity contribution in [3.05, 3.63) is 0 Å². The first-order valence-electron chi connectivity index (χ1n) is 8.42. The Balaban J connectivity index is 0.00000312. The van der Waals surface area contributed by atoms with Crippen LogP contribution in [0.1, 0.15) is 19.3 Å². The van der Waals surface area contributed by atoms with Crippen LogP contribution in [0.25, 0.3) is 0 Å². The van der Waals surface area contributed by atoms with Gasteiger partial charge in [-0.15, -0.1) is 24.0 Å². The topological polar surface area (TPSA) is 104 Å². The van der Waals surface area contributed by atoms with Gasteiger partial charge in [-0.2, -0.15) is 0 Å². The van der Waals surface area contributed by atoms with Gasteiger partial charge < -0.3 is 25.4 Å². The average Bonchev–Trinajstić information content (AvgIpc) is 3.20. The first kappa shape index (κ1) is 21.9. The number of nitrogens with zero attached hydrogens (tertiary/aromatic N) is 2. The van der Waals surface area contributed by atoms with Crippen molar-refractivity contribution in [2.45, 2.75) is 25.4 Å². The fourth-order valence-corrected chi connectivity index (χ4v) is 2.56. The minimum Gasteiger partial charge on any atom is -0.379 e. The van der Waals surface area contributed by atoms with Crippen molar-refractivity contribution < 1.29 is 19.1 Å². The highest BCUT2D eigenvalue weighted by molar-refractivity contribution is 14.0. The summed E-state index contributed by atoms with van der Waals surface area (Å²) in [5.41, 5.74) is 0. The van der Waals surface area contributed by atoms with Gasteiger partial charge in [-0.1, -0.05) is 0 Å². The number of guanidine groups is 1. The number of carbonyl (C=O) groups is 2. The fourth-order valence-electron chi connectivity index (χ4n) is 2.56. The summed E-state index contributed by atoms with van der Waals surface area (Å²) in [4.78, 5) is 28.1. The van der Waals surface area contributed by atoms with Gasteiger partial charge in [0.05, 0.1) is 19.3 Å². The minimum atomic E-state index is -0.340. The van der Waals surface area contributed by atoms with E-state index in [1.54, 1.807) is 7.05 Å². The van der Waals surface area contributed by atoms with Gasteiger partial charge in [0.2, 0.25) is 5.91 Å². The minimum absolute atomic E-state index is 0. The van der Waals surface area contributed by atoms with Gasteiger partial charge in [0, 0.05) is 39.9 Å². The first-order valence-corrected chi connectivity index (χ1v) is 8.42. The van der Waals surface area contributed by atoms with Crippen LogP contribution in [-0.2, 0) is 14.3 Å². The summed E-state index contributed by atoms with van der Waals surface area (Å²) in [5.74, 6) is 0.439. The quantitative estimate of drug-likeness (QED) is 0.143. The van der Waals surface area contributed by atoms with Gasteiger partial charge in [-0.3, -0.25) is 14.7 Å². The van der Waals surface area contributed by atoms with E-state index < -0.39 is 0 Å². The molecule has 1 unspecified atom stereocenters. The second-order valence-corrected chi connectivity index (χ2v) is 5.69. The molecule has 2 rings (SSSR count). The van der Waals surface area contributed by atoms with Gasteiger partial charge in [0.15, 0.2) is 5.96 Å². The van der Waals surface area contributed by atoms with Crippen LogP contribution in [0, 0.1) is 0 Å². The number of carbonyl (C=O) groups excluding carboxylic acids is 2. The molecule has 2 heterocycles. The molecular weight excluding hydrogens is 441 g/mol. The van der Waals surface area contributed by atoms with Crippen LogP contribution in [0.15, 0.2) is 4.99 Å². The average molecular weight is 469 g/mol.